The van der Waals surface area contributed by atoms with Crippen LogP contribution < -0.4 is 10.5 Å². The van der Waals surface area contributed by atoms with Gasteiger partial charge in [0.15, 0.2) is 0 Å². The Morgan fingerprint density at radius 1 is 1.37 bits per heavy atom. The highest BCUT2D eigenvalue weighted by molar-refractivity contribution is 5.87. The topological polar surface area (TPSA) is 51.0 Å². The minimum atomic E-state index is 0.199. The molecular formula is C16H22N2O. The van der Waals surface area contributed by atoms with E-state index >= 15 is 0 Å². The number of rotatable bonds is 4. The predicted octanol–water partition coefficient (Wildman–Crippen LogP) is 3.25. The van der Waals surface area contributed by atoms with Gasteiger partial charge in [-0.25, -0.2) is 0 Å². The second-order valence-corrected chi connectivity index (χ2v) is 5.98. The molecule has 1 saturated carbocycles. The Kier molecular flexibility index (Phi) is 2.82. The number of hydrogen-bond acceptors (Lipinski definition) is 2. The molecule has 0 saturated heterocycles. The van der Waals surface area contributed by atoms with Crippen LogP contribution in [0, 0.1) is 6.92 Å². The average molecular weight is 258 g/mol. The van der Waals surface area contributed by atoms with E-state index in [-0.39, 0.29) is 11.5 Å². The van der Waals surface area contributed by atoms with Crippen molar-refractivity contribution in [3.63, 3.8) is 0 Å². The number of nitrogens with one attached hydrogen (secondary N) is 1. The van der Waals surface area contributed by atoms with E-state index < -0.39 is 0 Å². The number of aromatic nitrogens is 1. The number of aromatic amines is 1. The normalized spacial score (nSPS) is 17.1. The third-order valence-corrected chi connectivity index (χ3v) is 4.10. The Morgan fingerprint density at radius 2 is 2.11 bits per heavy atom. The van der Waals surface area contributed by atoms with Crippen molar-refractivity contribution in [1.29, 1.82) is 0 Å². The van der Waals surface area contributed by atoms with Crippen LogP contribution in [0.2, 0.25) is 0 Å². The molecule has 0 spiro atoms. The first-order chi connectivity index (χ1) is 9.05. The van der Waals surface area contributed by atoms with Crippen molar-refractivity contribution in [2.45, 2.75) is 45.1 Å². The van der Waals surface area contributed by atoms with Crippen molar-refractivity contribution in [3.8, 4) is 5.75 Å². The van der Waals surface area contributed by atoms with Gasteiger partial charge < -0.3 is 15.5 Å². The molecular weight excluding hydrogens is 236 g/mol. The van der Waals surface area contributed by atoms with E-state index in [2.05, 4.69) is 37.9 Å². The van der Waals surface area contributed by atoms with Crippen molar-refractivity contribution in [2.75, 3.05) is 6.54 Å². The molecule has 1 aliphatic carbocycles. The van der Waals surface area contributed by atoms with Crippen LogP contribution in [0.3, 0.4) is 0 Å². The third kappa shape index (κ3) is 2.02. The maximum absolute atomic E-state index is 5.99. The number of hydrogen-bond donors (Lipinski definition) is 2. The minimum absolute atomic E-state index is 0.199. The number of nitrogens with two attached hydrogens (primary N) is 1. The van der Waals surface area contributed by atoms with Crippen LogP contribution >= 0.6 is 0 Å². The standard InChI is InChI=1S/C16H22N2O/c1-10(2)19-12-4-5-14-13(8-12)15(11(3)18-14)16(9-17)6-7-16/h4-5,8,10,18H,6-7,9,17H2,1-3H3. The van der Waals surface area contributed by atoms with Gasteiger partial charge >= 0.3 is 0 Å². The number of ether oxygens (including phenoxy) is 1. The molecule has 0 atom stereocenters. The highest BCUT2D eigenvalue weighted by Gasteiger charge is 2.45. The maximum atomic E-state index is 5.99. The maximum Gasteiger partial charge on any atom is 0.120 e. The van der Waals surface area contributed by atoms with E-state index in [9.17, 15) is 0 Å². The molecule has 1 fully saturated rings. The number of aryl methyl sites for hydroxylation is 1. The van der Waals surface area contributed by atoms with E-state index in [1.807, 2.05) is 6.07 Å². The molecule has 3 nitrogen and oxygen atoms in total. The SMILES string of the molecule is Cc1[nH]c2ccc(OC(C)C)cc2c1C1(CN)CC1. The first-order valence-corrected chi connectivity index (χ1v) is 7.05. The van der Waals surface area contributed by atoms with Crippen LogP contribution in [0.1, 0.15) is 37.9 Å². The number of benzene rings is 1. The van der Waals surface area contributed by atoms with Gasteiger partial charge in [0.25, 0.3) is 0 Å². The summed E-state index contributed by atoms with van der Waals surface area (Å²) in [6.07, 6.45) is 2.60. The number of fused-ring (bicyclic) bond motifs is 1. The van der Waals surface area contributed by atoms with Gasteiger partial charge in [-0.3, -0.25) is 0 Å². The summed E-state index contributed by atoms with van der Waals surface area (Å²) in [5.74, 6) is 0.940. The Morgan fingerprint density at radius 3 is 2.68 bits per heavy atom. The lowest BCUT2D eigenvalue weighted by molar-refractivity contribution is 0.243. The molecule has 3 rings (SSSR count). The largest absolute Gasteiger partial charge is 0.491 e. The molecule has 1 aliphatic rings. The minimum Gasteiger partial charge on any atom is -0.491 e. The highest BCUT2D eigenvalue weighted by atomic mass is 16.5. The smallest absolute Gasteiger partial charge is 0.120 e. The molecule has 102 valence electrons. The second-order valence-electron chi connectivity index (χ2n) is 5.98. The average Bonchev–Trinajstić information content (AvgIpc) is 3.06. The summed E-state index contributed by atoms with van der Waals surface area (Å²) in [5, 5.41) is 1.28. The third-order valence-electron chi connectivity index (χ3n) is 4.10. The van der Waals surface area contributed by atoms with Crippen LogP contribution in [0.4, 0.5) is 0 Å². The lowest BCUT2D eigenvalue weighted by Crippen LogP contribution is -2.20. The first kappa shape index (κ1) is 12.5. The summed E-state index contributed by atoms with van der Waals surface area (Å²) in [4.78, 5) is 3.48. The zero-order valence-electron chi connectivity index (χ0n) is 11.9. The Hall–Kier alpha value is -1.48. The fourth-order valence-electron chi connectivity index (χ4n) is 3.04. The summed E-state index contributed by atoms with van der Waals surface area (Å²) < 4.78 is 5.81. The molecule has 3 heteroatoms. The second kappa shape index (κ2) is 4.27. The van der Waals surface area contributed by atoms with E-state index in [0.717, 1.165) is 12.3 Å². The molecule has 1 heterocycles. The van der Waals surface area contributed by atoms with Crippen molar-refractivity contribution in [1.82, 2.24) is 4.98 Å². The van der Waals surface area contributed by atoms with Gasteiger partial charge in [0, 0.05) is 28.6 Å². The molecule has 0 amide bonds. The van der Waals surface area contributed by atoms with E-state index in [4.69, 9.17) is 10.5 Å². The van der Waals surface area contributed by atoms with Gasteiger partial charge in [-0.05, 0) is 57.4 Å². The lowest BCUT2D eigenvalue weighted by atomic mass is 9.93. The molecule has 0 bridgehead atoms. The van der Waals surface area contributed by atoms with E-state index in [1.165, 1.54) is 35.0 Å². The molecule has 2 aromatic rings. The van der Waals surface area contributed by atoms with Gasteiger partial charge in [0.2, 0.25) is 0 Å². The molecule has 3 N–H and O–H groups in total. The van der Waals surface area contributed by atoms with Crippen LogP contribution in [0.25, 0.3) is 10.9 Å². The van der Waals surface area contributed by atoms with Crippen molar-refractivity contribution in [3.05, 3.63) is 29.5 Å². The van der Waals surface area contributed by atoms with Crippen LogP contribution in [0.15, 0.2) is 18.2 Å². The van der Waals surface area contributed by atoms with Gasteiger partial charge in [0.05, 0.1) is 6.10 Å². The van der Waals surface area contributed by atoms with Crippen molar-refractivity contribution in [2.24, 2.45) is 5.73 Å². The van der Waals surface area contributed by atoms with Crippen molar-refractivity contribution < 1.29 is 4.74 Å². The molecule has 1 aromatic carbocycles. The van der Waals surface area contributed by atoms with Gasteiger partial charge in [0.1, 0.15) is 5.75 Å². The zero-order chi connectivity index (χ0) is 13.6. The predicted molar refractivity (Wildman–Crippen MR) is 78.8 cm³/mol. The summed E-state index contributed by atoms with van der Waals surface area (Å²) >= 11 is 0. The van der Waals surface area contributed by atoms with E-state index in [1.54, 1.807) is 0 Å². The number of H-pyrrole nitrogens is 1. The molecule has 0 radical (unpaired) electrons. The molecule has 0 aliphatic heterocycles. The fraction of sp³-hybridized carbons (Fsp3) is 0.500. The molecule has 0 unspecified atom stereocenters. The summed E-state index contributed by atoms with van der Waals surface area (Å²) in [6.45, 7) is 6.98. The fourth-order valence-corrected chi connectivity index (χ4v) is 3.04. The summed E-state index contributed by atoms with van der Waals surface area (Å²) in [7, 11) is 0. The van der Waals surface area contributed by atoms with Gasteiger partial charge in [-0.2, -0.15) is 0 Å². The Balaban J connectivity index is 2.12. The Bertz CT molecular complexity index is 608. The van der Waals surface area contributed by atoms with Crippen LogP contribution in [0.5, 0.6) is 5.75 Å². The lowest BCUT2D eigenvalue weighted by Gasteiger charge is -2.14. The quantitative estimate of drug-likeness (QED) is 0.884. The summed E-state index contributed by atoms with van der Waals surface area (Å²) in [5.41, 5.74) is 10.0. The zero-order valence-corrected chi connectivity index (χ0v) is 11.9. The van der Waals surface area contributed by atoms with Gasteiger partial charge in [-0.1, -0.05) is 0 Å². The molecule has 1 aromatic heterocycles. The monoisotopic (exact) mass is 258 g/mol. The van der Waals surface area contributed by atoms with Crippen LogP contribution in [-0.4, -0.2) is 17.6 Å². The summed E-state index contributed by atoms with van der Waals surface area (Å²) in [6, 6.07) is 6.30. The van der Waals surface area contributed by atoms with Crippen molar-refractivity contribution >= 4 is 10.9 Å². The highest BCUT2D eigenvalue weighted by Crippen LogP contribution is 2.51. The van der Waals surface area contributed by atoms with Gasteiger partial charge in [-0.15, -0.1) is 0 Å². The first-order valence-electron chi connectivity index (χ1n) is 7.05. The van der Waals surface area contributed by atoms with Crippen LogP contribution in [-0.2, 0) is 5.41 Å². The van der Waals surface area contributed by atoms with E-state index in [0.29, 0.717) is 0 Å². The Labute approximate surface area is 114 Å². The molecule has 19 heavy (non-hydrogen) atoms.